The topological polar surface area (TPSA) is 104 Å². The summed E-state index contributed by atoms with van der Waals surface area (Å²) in [6.45, 7) is 3.90. The molecule has 0 unspecified atom stereocenters. The van der Waals surface area contributed by atoms with Gasteiger partial charge in [-0.25, -0.2) is 0 Å². The van der Waals surface area contributed by atoms with Gasteiger partial charge in [-0.05, 0) is 43.2 Å². The van der Waals surface area contributed by atoms with E-state index in [9.17, 15) is 0 Å². The van der Waals surface area contributed by atoms with Crippen LogP contribution in [0, 0.1) is 13.8 Å². The van der Waals surface area contributed by atoms with Gasteiger partial charge >= 0.3 is 0 Å². The third-order valence-corrected chi connectivity index (χ3v) is 2.63. The van der Waals surface area contributed by atoms with Crippen LogP contribution in [0.4, 0.5) is 22.7 Å². The molecule has 0 aromatic heterocycles. The summed E-state index contributed by atoms with van der Waals surface area (Å²) in [5.41, 5.74) is 27.0. The van der Waals surface area contributed by atoms with Crippen LogP contribution >= 0.6 is 0 Å². The molecule has 0 aliphatic heterocycles. The molecule has 0 heterocycles. The van der Waals surface area contributed by atoms with Gasteiger partial charge in [0.1, 0.15) is 0 Å². The van der Waals surface area contributed by atoms with Crippen LogP contribution in [-0.2, 0) is 0 Å². The van der Waals surface area contributed by atoms with Crippen molar-refractivity contribution in [1.29, 1.82) is 0 Å². The van der Waals surface area contributed by atoms with Crippen LogP contribution in [0.25, 0.3) is 0 Å². The van der Waals surface area contributed by atoms with E-state index in [1.54, 1.807) is 18.2 Å². The first kappa shape index (κ1) is 13.7. The van der Waals surface area contributed by atoms with Gasteiger partial charge in [0.25, 0.3) is 0 Å². The second-order valence-corrected chi connectivity index (χ2v) is 4.20. The highest BCUT2D eigenvalue weighted by molar-refractivity contribution is 5.70. The maximum atomic E-state index is 5.66. The Hall–Kier alpha value is -2.36. The van der Waals surface area contributed by atoms with Crippen LogP contribution in [0.15, 0.2) is 36.4 Å². The summed E-state index contributed by atoms with van der Waals surface area (Å²) >= 11 is 0. The molecule has 4 heteroatoms. The van der Waals surface area contributed by atoms with E-state index < -0.39 is 0 Å². The molecule has 2 aromatic rings. The fraction of sp³-hybridized carbons (Fsp3) is 0.143. The summed E-state index contributed by atoms with van der Waals surface area (Å²) in [6, 6.07) is 11.1. The van der Waals surface area contributed by atoms with Crippen molar-refractivity contribution in [2.45, 2.75) is 13.8 Å². The van der Waals surface area contributed by atoms with Gasteiger partial charge in [0.05, 0.1) is 11.4 Å². The molecular formula is C14H20N4. The van der Waals surface area contributed by atoms with E-state index in [1.807, 2.05) is 32.0 Å². The summed E-state index contributed by atoms with van der Waals surface area (Å²) in [5.74, 6) is 0. The van der Waals surface area contributed by atoms with Crippen molar-refractivity contribution in [3.05, 3.63) is 47.5 Å². The monoisotopic (exact) mass is 244 g/mol. The number of rotatable bonds is 0. The van der Waals surface area contributed by atoms with E-state index in [4.69, 9.17) is 22.9 Å². The maximum absolute atomic E-state index is 5.66. The predicted octanol–water partition coefficient (Wildman–Crippen LogP) is 2.32. The summed E-state index contributed by atoms with van der Waals surface area (Å²) in [4.78, 5) is 0. The van der Waals surface area contributed by atoms with Gasteiger partial charge in [-0.1, -0.05) is 18.2 Å². The highest BCUT2D eigenvalue weighted by Crippen LogP contribution is 2.22. The predicted molar refractivity (Wildman–Crippen MR) is 80.0 cm³/mol. The number of benzene rings is 2. The lowest BCUT2D eigenvalue weighted by molar-refractivity contribution is 1.40. The zero-order valence-electron chi connectivity index (χ0n) is 10.8. The van der Waals surface area contributed by atoms with Gasteiger partial charge in [-0.2, -0.15) is 0 Å². The van der Waals surface area contributed by atoms with Crippen LogP contribution in [0.1, 0.15) is 11.1 Å². The Morgan fingerprint density at radius 2 is 1.06 bits per heavy atom. The molecular weight excluding hydrogens is 224 g/mol. The van der Waals surface area contributed by atoms with E-state index in [1.165, 1.54) is 0 Å². The molecule has 2 aromatic carbocycles. The first-order chi connectivity index (χ1) is 8.41. The molecule has 2 rings (SSSR count). The molecule has 0 fully saturated rings. The highest BCUT2D eigenvalue weighted by Gasteiger charge is 1.99. The Morgan fingerprint density at radius 3 is 1.33 bits per heavy atom. The van der Waals surface area contributed by atoms with E-state index in [0.29, 0.717) is 22.7 Å². The van der Waals surface area contributed by atoms with Gasteiger partial charge in [-0.15, -0.1) is 0 Å². The second-order valence-electron chi connectivity index (χ2n) is 4.20. The standard InChI is InChI=1S/C8H12N2.C6H8N2/c1-5-3-4-6(2)8(10)7(5)9;7-5-2-1-3-6(8)4-5/h3-4H,9-10H2,1-2H3;1-4H,7-8H2. The Kier molecular flexibility index (Phi) is 4.43. The largest absolute Gasteiger partial charge is 0.399 e. The van der Waals surface area contributed by atoms with Crippen molar-refractivity contribution in [3.8, 4) is 0 Å². The molecule has 96 valence electrons. The zero-order chi connectivity index (χ0) is 13.7. The number of hydrogen-bond donors (Lipinski definition) is 4. The normalized spacial score (nSPS) is 9.44. The molecule has 4 nitrogen and oxygen atoms in total. The Bertz CT molecular complexity index is 491. The maximum Gasteiger partial charge on any atom is 0.0580 e. The molecule has 0 radical (unpaired) electrons. The molecule has 18 heavy (non-hydrogen) atoms. The van der Waals surface area contributed by atoms with Gasteiger partial charge in [0.2, 0.25) is 0 Å². The first-order valence-electron chi connectivity index (χ1n) is 5.64. The van der Waals surface area contributed by atoms with Gasteiger partial charge in [0, 0.05) is 11.4 Å². The molecule has 0 saturated carbocycles. The van der Waals surface area contributed by atoms with Crippen molar-refractivity contribution >= 4 is 22.7 Å². The Morgan fingerprint density at radius 1 is 0.667 bits per heavy atom. The number of aryl methyl sites for hydroxylation is 2. The highest BCUT2D eigenvalue weighted by atomic mass is 14.7. The third kappa shape index (κ3) is 3.59. The third-order valence-electron chi connectivity index (χ3n) is 2.63. The Balaban J connectivity index is 0.000000184. The average Bonchev–Trinajstić information content (AvgIpc) is 2.32. The number of anilines is 4. The van der Waals surface area contributed by atoms with Crippen molar-refractivity contribution in [1.82, 2.24) is 0 Å². The zero-order valence-corrected chi connectivity index (χ0v) is 10.8. The minimum Gasteiger partial charge on any atom is -0.399 e. The summed E-state index contributed by atoms with van der Waals surface area (Å²) < 4.78 is 0. The van der Waals surface area contributed by atoms with Crippen molar-refractivity contribution in [3.63, 3.8) is 0 Å². The molecule has 0 aliphatic rings. The van der Waals surface area contributed by atoms with Crippen molar-refractivity contribution in [2.24, 2.45) is 0 Å². The molecule has 0 saturated heterocycles. The summed E-state index contributed by atoms with van der Waals surface area (Å²) in [6.07, 6.45) is 0. The summed E-state index contributed by atoms with van der Waals surface area (Å²) in [5, 5.41) is 0. The Labute approximate surface area is 108 Å². The quantitative estimate of drug-likeness (QED) is 0.534. The minimum absolute atomic E-state index is 0.708. The number of hydrogen-bond acceptors (Lipinski definition) is 4. The van der Waals surface area contributed by atoms with Crippen LogP contribution in [0.5, 0.6) is 0 Å². The molecule has 8 N–H and O–H groups in total. The lowest BCUT2D eigenvalue weighted by Gasteiger charge is -2.05. The summed E-state index contributed by atoms with van der Waals surface area (Å²) in [7, 11) is 0. The average molecular weight is 244 g/mol. The van der Waals surface area contributed by atoms with E-state index in [2.05, 4.69) is 0 Å². The van der Waals surface area contributed by atoms with Gasteiger partial charge in [-0.3, -0.25) is 0 Å². The fourth-order valence-electron chi connectivity index (χ4n) is 1.41. The second kappa shape index (κ2) is 5.82. The minimum atomic E-state index is 0.708. The van der Waals surface area contributed by atoms with Crippen molar-refractivity contribution in [2.75, 3.05) is 22.9 Å². The van der Waals surface area contributed by atoms with Gasteiger partial charge in [0.15, 0.2) is 0 Å². The molecule has 0 bridgehead atoms. The molecule has 0 aliphatic carbocycles. The van der Waals surface area contributed by atoms with Crippen LogP contribution in [0.3, 0.4) is 0 Å². The van der Waals surface area contributed by atoms with Crippen LogP contribution in [0.2, 0.25) is 0 Å². The SMILES string of the molecule is Cc1ccc(C)c(N)c1N.Nc1cccc(N)c1. The molecule has 0 atom stereocenters. The molecule has 0 amide bonds. The lowest BCUT2D eigenvalue weighted by atomic mass is 10.1. The number of nitrogen functional groups attached to an aromatic ring is 4. The van der Waals surface area contributed by atoms with Crippen LogP contribution < -0.4 is 22.9 Å². The van der Waals surface area contributed by atoms with E-state index >= 15 is 0 Å². The number of nitrogens with two attached hydrogens (primary N) is 4. The van der Waals surface area contributed by atoms with Gasteiger partial charge < -0.3 is 22.9 Å². The first-order valence-corrected chi connectivity index (χ1v) is 5.64. The van der Waals surface area contributed by atoms with Crippen LogP contribution in [-0.4, -0.2) is 0 Å². The smallest absolute Gasteiger partial charge is 0.0580 e. The van der Waals surface area contributed by atoms with Crippen molar-refractivity contribution < 1.29 is 0 Å². The molecule has 0 spiro atoms. The lowest BCUT2D eigenvalue weighted by Crippen LogP contribution is -1.98. The van der Waals surface area contributed by atoms with E-state index in [-0.39, 0.29) is 0 Å². The van der Waals surface area contributed by atoms with E-state index in [0.717, 1.165) is 11.1 Å². The fourth-order valence-corrected chi connectivity index (χ4v) is 1.41.